The van der Waals surface area contributed by atoms with E-state index in [2.05, 4.69) is 20.6 Å². The van der Waals surface area contributed by atoms with E-state index in [1.807, 2.05) is 0 Å². The number of pyridine rings is 2. The molecule has 6 rings (SSSR count). The van der Waals surface area contributed by atoms with Crippen LogP contribution in [0.4, 0.5) is 11.4 Å². The van der Waals surface area contributed by atoms with E-state index in [1.54, 1.807) is 141 Å². The van der Waals surface area contributed by atoms with Gasteiger partial charge in [-0.2, -0.15) is 0 Å². The van der Waals surface area contributed by atoms with Crippen LogP contribution >= 0.6 is 0 Å². The Balaban J connectivity index is 0.000000291. The molecule has 4 N–H and O–H groups in total. The van der Waals surface area contributed by atoms with Crippen LogP contribution in [0.3, 0.4) is 0 Å². The molecule has 13 nitrogen and oxygen atoms in total. The first-order valence-electron chi connectivity index (χ1n) is 16.8. The summed E-state index contributed by atoms with van der Waals surface area (Å²) in [5, 5.41) is 14.5. The molecule has 0 fully saturated rings. The Labute approximate surface area is 335 Å². The number of aromatic carboxylic acids is 1. The van der Waals surface area contributed by atoms with Gasteiger partial charge in [0.05, 0.1) is 52.6 Å². The summed E-state index contributed by atoms with van der Waals surface area (Å²) >= 11 is 0. The topological polar surface area (TPSA) is 196 Å². The number of carbonyl (C=O) groups is 4. The predicted molar refractivity (Wildman–Crippen MR) is 204 cm³/mol. The molecule has 280 valence electrons. The van der Waals surface area contributed by atoms with Crippen molar-refractivity contribution in [2.24, 2.45) is 0 Å². The van der Waals surface area contributed by atoms with Crippen LogP contribution in [0.15, 0.2) is 146 Å². The second-order valence-electron chi connectivity index (χ2n) is 11.4. The fraction of sp³-hybridized carbons (Fsp3) is 0.0952. The minimum absolute atomic E-state index is 0. The van der Waals surface area contributed by atoms with Gasteiger partial charge >= 0.3 is 30.8 Å². The summed E-state index contributed by atoms with van der Waals surface area (Å²) in [7, 11) is 0. The number of amides is 2. The summed E-state index contributed by atoms with van der Waals surface area (Å²) in [6, 6.07) is 34.3. The zero-order valence-electron chi connectivity index (χ0n) is 30.6. The van der Waals surface area contributed by atoms with Crippen LogP contribution in [0.2, 0.25) is 0 Å². The van der Waals surface area contributed by atoms with Gasteiger partial charge in [-0.25, -0.2) is 9.59 Å². The van der Waals surface area contributed by atoms with E-state index in [0.29, 0.717) is 46.2 Å². The third-order valence-corrected chi connectivity index (χ3v) is 7.56. The summed E-state index contributed by atoms with van der Waals surface area (Å²) in [6.07, 6.45) is 6.40. The summed E-state index contributed by atoms with van der Waals surface area (Å²) in [4.78, 5) is 55.6. The molecule has 56 heavy (non-hydrogen) atoms. The maximum absolute atomic E-state index is 12.6. The number of anilines is 2. The number of hydrogen-bond donors (Lipinski definition) is 3. The fourth-order valence-electron chi connectivity index (χ4n) is 4.85. The van der Waals surface area contributed by atoms with Crippen LogP contribution in [-0.4, -0.2) is 50.9 Å². The number of esters is 1. The quantitative estimate of drug-likeness (QED) is 0.111. The molecule has 6 aromatic rings. The van der Waals surface area contributed by atoms with Crippen molar-refractivity contribution in [3.63, 3.8) is 0 Å². The molecule has 0 unspecified atom stereocenters. The van der Waals surface area contributed by atoms with Crippen LogP contribution in [0, 0.1) is 0 Å². The number of para-hydroxylation sites is 2. The first-order valence-corrected chi connectivity index (χ1v) is 16.8. The number of carboxylic acid groups (broad SMARTS) is 1. The van der Waals surface area contributed by atoms with E-state index in [0.717, 1.165) is 11.1 Å². The van der Waals surface area contributed by atoms with E-state index < -0.39 is 5.97 Å². The van der Waals surface area contributed by atoms with Crippen LogP contribution in [0.5, 0.6) is 11.5 Å². The third kappa shape index (κ3) is 13.0. The molecule has 2 amide bonds. The van der Waals surface area contributed by atoms with E-state index in [-0.39, 0.29) is 60.9 Å². The Morgan fingerprint density at radius 1 is 0.589 bits per heavy atom. The molecule has 0 aliphatic rings. The minimum atomic E-state index is -0.977. The van der Waals surface area contributed by atoms with Gasteiger partial charge in [0.25, 0.3) is 11.8 Å². The second kappa shape index (κ2) is 22.4. The number of benzene rings is 4. The summed E-state index contributed by atoms with van der Waals surface area (Å²) < 4.78 is 16.6. The number of aromatic nitrogens is 2. The molecule has 0 bridgehead atoms. The maximum atomic E-state index is 12.6. The molecule has 0 saturated carbocycles. The molecule has 2 aromatic heterocycles. The number of hydrogen-bond acceptors (Lipinski definition) is 10. The van der Waals surface area contributed by atoms with Crippen LogP contribution in [-0.2, 0) is 18.0 Å². The van der Waals surface area contributed by atoms with Crippen molar-refractivity contribution in [2.75, 3.05) is 17.2 Å². The molecule has 4 aromatic carbocycles. The number of nitrogens with one attached hydrogen (secondary N) is 2. The van der Waals surface area contributed by atoms with Crippen molar-refractivity contribution in [3.8, 4) is 11.5 Å². The van der Waals surface area contributed by atoms with Crippen molar-refractivity contribution in [3.05, 3.63) is 179 Å². The largest absolute Gasteiger partial charge is 1.00 e. The molecule has 0 spiro atoms. The molecular weight excluding hydrogens is 711 g/mol. The van der Waals surface area contributed by atoms with E-state index in [1.165, 1.54) is 12.1 Å². The first-order chi connectivity index (χ1) is 26.3. The minimum Gasteiger partial charge on any atom is -0.870 e. The maximum Gasteiger partial charge on any atom is 1.00 e. The van der Waals surface area contributed by atoms with E-state index >= 15 is 0 Å². The van der Waals surface area contributed by atoms with Gasteiger partial charge in [0.15, 0.2) is 0 Å². The van der Waals surface area contributed by atoms with Crippen LogP contribution in [0.1, 0.15) is 59.5 Å². The number of nitrogens with zero attached hydrogens (tertiary/aromatic N) is 2. The SMILES string of the molecule is CCOC(=O)c1ccc(COc2ccccc2C(=O)Nc2cccnc2)cc1.O=C(O)c1ccc(COc2ccccc2C(=O)Nc2cccnc2)cc1.[Li+].[OH-]. The fourth-order valence-corrected chi connectivity index (χ4v) is 4.85. The Morgan fingerprint density at radius 3 is 1.41 bits per heavy atom. The summed E-state index contributed by atoms with van der Waals surface area (Å²) in [5.74, 6) is -0.993. The normalized spacial score (nSPS) is 9.80. The summed E-state index contributed by atoms with van der Waals surface area (Å²) in [6.45, 7) is 2.58. The van der Waals surface area contributed by atoms with Gasteiger partial charge < -0.3 is 35.4 Å². The Morgan fingerprint density at radius 2 is 1.02 bits per heavy atom. The van der Waals surface area contributed by atoms with Crippen molar-refractivity contribution in [1.82, 2.24) is 9.97 Å². The van der Waals surface area contributed by atoms with Gasteiger partial charge in [-0.15, -0.1) is 0 Å². The van der Waals surface area contributed by atoms with Crippen LogP contribution in [0.25, 0.3) is 0 Å². The third-order valence-electron chi connectivity index (χ3n) is 7.56. The van der Waals surface area contributed by atoms with Crippen molar-refractivity contribution >= 4 is 35.1 Å². The Bertz CT molecular complexity index is 2170. The first kappa shape index (κ1) is 43.6. The zero-order chi connectivity index (χ0) is 38.1. The molecule has 0 radical (unpaired) electrons. The molecule has 2 heterocycles. The Kier molecular flexibility index (Phi) is 17.5. The van der Waals surface area contributed by atoms with Gasteiger partial charge in [0.1, 0.15) is 24.7 Å². The molecular formula is C42H37LiN4O9. The average Bonchev–Trinajstić information content (AvgIpc) is 3.21. The van der Waals surface area contributed by atoms with Crippen molar-refractivity contribution in [1.29, 1.82) is 0 Å². The standard InChI is InChI=1S/C22H20N2O4.C20H16N2O4.Li.H2O/c1-2-27-22(26)17-11-9-16(10-12-17)15-28-20-8-4-3-7-19(20)21(25)24-18-6-5-13-23-14-18;23-19(22-16-4-3-11-21-12-16)17-5-1-2-6-18(17)26-13-14-7-9-15(10-8-14)20(24)25;;/h3-14H,2,15H2,1H3,(H,24,25);1-12H,13H2,(H,22,23)(H,24,25);;1H2/q;;+1;/p-1. The van der Waals surface area contributed by atoms with Gasteiger partial charge in [0.2, 0.25) is 0 Å². The molecule has 0 saturated heterocycles. The molecule has 0 aliphatic carbocycles. The number of carboxylic acids is 1. The summed E-state index contributed by atoms with van der Waals surface area (Å²) in [5.41, 5.74) is 4.40. The average molecular weight is 749 g/mol. The van der Waals surface area contributed by atoms with Gasteiger partial charge in [0, 0.05) is 12.4 Å². The van der Waals surface area contributed by atoms with Crippen LogP contribution < -0.4 is 39.0 Å². The smallest absolute Gasteiger partial charge is 0.870 e. The van der Waals surface area contributed by atoms with Gasteiger partial charge in [-0.05, 0) is 90.8 Å². The number of carbonyl (C=O) groups excluding carboxylic acids is 3. The Hall–Kier alpha value is -6.78. The van der Waals surface area contributed by atoms with Gasteiger partial charge in [-0.3, -0.25) is 19.6 Å². The molecule has 0 aliphatic heterocycles. The molecule has 0 atom stereocenters. The number of ether oxygens (including phenoxy) is 3. The number of rotatable bonds is 13. The molecule has 14 heteroatoms. The van der Waals surface area contributed by atoms with Crippen molar-refractivity contribution in [2.45, 2.75) is 20.1 Å². The predicted octanol–water partition coefficient (Wildman–Crippen LogP) is 4.53. The van der Waals surface area contributed by atoms with E-state index in [9.17, 15) is 19.2 Å². The van der Waals surface area contributed by atoms with Crippen molar-refractivity contribution < 1.29 is 62.8 Å². The second-order valence-corrected chi connectivity index (χ2v) is 11.4. The van der Waals surface area contributed by atoms with Gasteiger partial charge in [-0.1, -0.05) is 48.5 Å². The monoisotopic (exact) mass is 748 g/mol. The zero-order valence-corrected chi connectivity index (χ0v) is 30.6. The van der Waals surface area contributed by atoms with E-state index in [4.69, 9.17) is 19.3 Å².